The quantitative estimate of drug-likeness (QED) is 0.683. The lowest BCUT2D eigenvalue weighted by Gasteiger charge is -2.38. The maximum absolute atomic E-state index is 12.9. The van der Waals surface area contributed by atoms with E-state index in [-0.39, 0.29) is 30.1 Å². The Balaban J connectivity index is 1.22. The number of rotatable bonds is 6. The average Bonchev–Trinajstić information content (AvgIpc) is 3.38. The van der Waals surface area contributed by atoms with E-state index in [1.807, 2.05) is 12.1 Å². The first-order valence-corrected chi connectivity index (χ1v) is 12.2. The van der Waals surface area contributed by atoms with Crippen molar-refractivity contribution >= 4 is 11.8 Å². The van der Waals surface area contributed by atoms with Crippen LogP contribution in [0.5, 0.6) is 5.75 Å². The molecule has 0 bridgehead atoms. The molecule has 0 aromatic heterocycles. The third-order valence-electron chi connectivity index (χ3n) is 7.55. The monoisotopic (exact) mass is 475 g/mol. The van der Waals surface area contributed by atoms with E-state index in [0.29, 0.717) is 43.5 Å². The molecule has 184 valence electrons. The van der Waals surface area contributed by atoms with Crippen LogP contribution in [0, 0.1) is 0 Å². The van der Waals surface area contributed by atoms with Gasteiger partial charge in [0.25, 0.3) is 5.91 Å². The fraction of sp³-hybridized carbons (Fsp3) is 0.600. The number of likely N-dealkylation sites (tertiary alicyclic amines) is 1. The van der Waals surface area contributed by atoms with Crippen molar-refractivity contribution in [2.45, 2.75) is 82.4 Å². The summed E-state index contributed by atoms with van der Waals surface area (Å²) in [6, 6.07) is 5.32. The SMILES string of the molecule is C=C1CCC(N2Cc3cc(O[C@H]4CCC[C@@H]4N4CCC(OC(F)F)CC4)ccc3C2=O)C(=O)N1. The fourth-order valence-electron chi connectivity index (χ4n) is 5.83. The minimum Gasteiger partial charge on any atom is -0.489 e. The van der Waals surface area contributed by atoms with Crippen LogP contribution < -0.4 is 10.1 Å². The molecule has 1 aromatic rings. The highest BCUT2D eigenvalue weighted by atomic mass is 19.3. The van der Waals surface area contributed by atoms with Gasteiger partial charge in [0.2, 0.25) is 5.91 Å². The van der Waals surface area contributed by atoms with Gasteiger partial charge in [-0.3, -0.25) is 14.5 Å². The lowest BCUT2D eigenvalue weighted by Crippen LogP contribution is -2.49. The first-order chi connectivity index (χ1) is 16.4. The first kappa shape index (κ1) is 23.2. The molecule has 3 aliphatic heterocycles. The Morgan fingerprint density at radius 3 is 2.62 bits per heavy atom. The van der Waals surface area contributed by atoms with Gasteiger partial charge in [0.05, 0.1) is 6.10 Å². The van der Waals surface area contributed by atoms with Crippen molar-refractivity contribution < 1.29 is 27.8 Å². The summed E-state index contributed by atoms with van der Waals surface area (Å²) in [4.78, 5) is 29.3. The molecule has 3 atom stereocenters. The normalized spacial score (nSPS) is 28.5. The minimum atomic E-state index is -2.71. The summed E-state index contributed by atoms with van der Waals surface area (Å²) in [7, 11) is 0. The van der Waals surface area contributed by atoms with E-state index in [1.165, 1.54) is 0 Å². The molecule has 5 rings (SSSR count). The van der Waals surface area contributed by atoms with Crippen LogP contribution in [0.15, 0.2) is 30.5 Å². The topological polar surface area (TPSA) is 71.1 Å². The van der Waals surface area contributed by atoms with Crippen LogP contribution in [0.4, 0.5) is 8.78 Å². The summed E-state index contributed by atoms with van der Waals surface area (Å²) in [5.74, 6) is 0.426. The predicted octanol–water partition coefficient (Wildman–Crippen LogP) is 3.44. The molecule has 2 amide bonds. The number of carbonyl (C=O) groups excluding carboxylic acids is 2. The standard InChI is InChI=1S/C25H31F2N3O4/c1-15-5-8-21(23(31)28-15)30-14-16-13-18(6-7-19(16)24(30)32)33-22-4-2-3-20(22)29-11-9-17(10-12-29)34-25(26)27/h6-7,13,17,20-22,25H,1-5,8-12,14H2,(H,28,31)/t20-,21?,22-/m0/s1. The summed E-state index contributed by atoms with van der Waals surface area (Å²) in [6.45, 7) is 2.94. The van der Waals surface area contributed by atoms with Crippen LogP contribution in [-0.4, -0.2) is 65.6 Å². The number of fused-ring (bicyclic) bond motifs is 1. The second kappa shape index (κ2) is 9.62. The Labute approximate surface area is 198 Å². The van der Waals surface area contributed by atoms with Gasteiger partial charge >= 0.3 is 6.61 Å². The number of hydrogen-bond donors (Lipinski definition) is 1. The van der Waals surface area contributed by atoms with E-state index < -0.39 is 12.7 Å². The van der Waals surface area contributed by atoms with Crippen LogP contribution in [0.1, 0.15) is 60.9 Å². The van der Waals surface area contributed by atoms with Gasteiger partial charge in [-0.2, -0.15) is 8.78 Å². The van der Waals surface area contributed by atoms with Crippen LogP contribution in [0.25, 0.3) is 0 Å². The molecule has 7 nitrogen and oxygen atoms in total. The Morgan fingerprint density at radius 2 is 1.88 bits per heavy atom. The number of carbonyl (C=O) groups is 2. The maximum atomic E-state index is 12.9. The van der Waals surface area contributed by atoms with E-state index in [2.05, 4.69) is 21.5 Å². The number of hydrogen-bond acceptors (Lipinski definition) is 5. The molecular weight excluding hydrogens is 444 g/mol. The van der Waals surface area contributed by atoms with Gasteiger partial charge in [-0.25, -0.2) is 0 Å². The molecule has 1 N–H and O–H groups in total. The molecule has 1 unspecified atom stereocenters. The van der Waals surface area contributed by atoms with Gasteiger partial charge < -0.3 is 19.7 Å². The molecule has 3 fully saturated rings. The van der Waals surface area contributed by atoms with E-state index in [4.69, 9.17) is 4.74 Å². The van der Waals surface area contributed by atoms with Crippen LogP contribution >= 0.6 is 0 Å². The first-order valence-electron chi connectivity index (χ1n) is 12.2. The number of piperidine rings is 2. The molecular formula is C25H31F2N3O4. The summed E-state index contributed by atoms with van der Waals surface area (Å²) >= 11 is 0. The fourth-order valence-corrected chi connectivity index (χ4v) is 5.83. The summed E-state index contributed by atoms with van der Waals surface area (Å²) in [5, 5.41) is 2.76. The van der Waals surface area contributed by atoms with Crippen molar-refractivity contribution in [2.75, 3.05) is 13.1 Å². The molecule has 2 saturated heterocycles. The summed E-state index contributed by atoms with van der Waals surface area (Å²) in [6.07, 6.45) is 5.11. The second-order valence-electron chi connectivity index (χ2n) is 9.69. The van der Waals surface area contributed by atoms with Crippen LogP contribution in [0.2, 0.25) is 0 Å². The second-order valence-corrected chi connectivity index (χ2v) is 9.69. The number of ether oxygens (including phenoxy) is 2. The molecule has 1 aromatic carbocycles. The van der Waals surface area contributed by atoms with Gasteiger partial charge in [0, 0.05) is 36.9 Å². The van der Waals surface area contributed by atoms with Crippen molar-refractivity contribution in [1.82, 2.24) is 15.1 Å². The average molecular weight is 476 g/mol. The van der Waals surface area contributed by atoms with Gasteiger partial charge in [0.1, 0.15) is 17.9 Å². The van der Waals surface area contributed by atoms with Crippen molar-refractivity contribution in [3.05, 3.63) is 41.6 Å². The number of alkyl halides is 2. The highest BCUT2D eigenvalue weighted by Gasteiger charge is 2.39. The zero-order valence-corrected chi connectivity index (χ0v) is 19.2. The zero-order valence-electron chi connectivity index (χ0n) is 19.2. The number of nitrogens with one attached hydrogen (secondary N) is 1. The Hall–Kier alpha value is -2.52. The Kier molecular flexibility index (Phi) is 6.57. The van der Waals surface area contributed by atoms with Crippen molar-refractivity contribution in [1.29, 1.82) is 0 Å². The van der Waals surface area contributed by atoms with Crippen molar-refractivity contribution in [3.8, 4) is 5.75 Å². The third kappa shape index (κ3) is 4.68. The minimum absolute atomic E-state index is 0.0222. The summed E-state index contributed by atoms with van der Waals surface area (Å²) in [5.41, 5.74) is 2.19. The number of amides is 2. The van der Waals surface area contributed by atoms with Crippen LogP contribution in [0.3, 0.4) is 0 Å². The maximum Gasteiger partial charge on any atom is 0.345 e. The van der Waals surface area contributed by atoms with E-state index in [0.717, 1.165) is 43.7 Å². The van der Waals surface area contributed by atoms with E-state index in [1.54, 1.807) is 11.0 Å². The highest BCUT2D eigenvalue weighted by molar-refractivity contribution is 6.01. The Morgan fingerprint density at radius 1 is 1.09 bits per heavy atom. The predicted molar refractivity (Wildman–Crippen MR) is 120 cm³/mol. The smallest absolute Gasteiger partial charge is 0.345 e. The lowest BCUT2D eigenvalue weighted by atomic mass is 10.0. The number of nitrogens with zero attached hydrogens (tertiary/aromatic N) is 2. The van der Waals surface area contributed by atoms with Crippen LogP contribution in [-0.2, 0) is 16.1 Å². The number of benzene rings is 1. The van der Waals surface area contributed by atoms with Crippen molar-refractivity contribution in [3.63, 3.8) is 0 Å². The molecule has 3 heterocycles. The van der Waals surface area contributed by atoms with Gasteiger partial charge in [-0.05, 0) is 68.7 Å². The molecule has 34 heavy (non-hydrogen) atoms. The number of allylic oxidation sites excluding steroid dienone is 1. The molecule has 0 radical (unpaired) electrons. The third-order valence-corrected chi connectivity index (χ3v) is 7.55. The van der Waals surface area contributed by atoms with Gasteiger partial charge in [0.15, 0.2) is 0 Å². The Bertz CT molecular complexity index is 963. The highest BCUT2D eigenvalue weighted by Crippen LogP contribution is 2.34. The largest absolute Gasteiger partial charge is 0.489 e. The molecule has 0 spiro atoms. The van der Waals surface area contributed by atoms with Gasteiger partial charge in [-0.15, -0.1) is 0 Å². The molecule has 4 aliphatic rings. The molecule has 1 aliphatic carbocycles. The van der Waals surface area contributed by atoms with Crippen molar-refractivity contribution in [2.24, 2.45) is 0 Å². The lowest BCUT2D eigenvalue weighted by molar-refractivity contribution is -0.174. The molecule has 1 saturated carbocycles. The van der Waals surface area contributed by atoms with E-state index in [9.17, 15) is 18.4 Å². The summed E-state index contributed by atoms with van der Waals surface area (Å²) < 4.78 is 36.1. The van der Waals surface area contributed by atoms with E-state index >= 15 is 0 Å². The van der Waals surface area contributed by atoms with Gasteiger partial charge in [-0.1, -0.05) is 6.58 Å². The number of halogens is 2. The molecule has 9 heteroatoms. The zero-order chi connectivity index (χ0) is 23.8.